The van der Waals surface area contributed by atoms with Crippen LogP contribution in [0.1, 0.15) is 35.3 Å². The Morgan fingerprint density at radius 2 is 1.76 bits per heavy atom. The molecule has 1 amide bonds. The summed E-state index contributed by atoms with van der Waals surface area (Å²) in [6.45, 7) is 3.49. The van der Waals surface area contributed by atoms with Gasteiger partial charge in [0, 0.05) is 36.0 Å². The van der Waals surface area contributed by atoms with E-state index in [2.05, 4.69) is 20.6 Å². The molecule has 0 saturated heterocycles. The second-order valence-electron chi connectivity index (χ2n) is 7.37. The van der Waals surface area contributed by atoms with Gasteiger partial charge in [0.2, 0.25) is 11.6 Å². The van der Waals surface area contributed by atoms with E-state index < -0.39 is 5.72 Å². The first-order valence-corrected chi connectivity index (χ1v) is 10.1. The van der Waals surface area contributed by atoms with Gasteiger partial charge in [0.15, 0.2) is 0 Å². The zero-order chi connectivity index (χ0) is 23.4. The van der Waals surface area contributed by atoms with Crippen molar-refractivity contribution in [2.45, 2.75) is 19.6 Å². The van der Waals surface area contributed by atoms with E-state index in [1.54, 1.807) is 86.9 Å². The number of amidine groups is 1. The summed E-state index contributed by atoms with van der Waals surface area (Å²) in [4.78, 5) is 16.5. The fourth-order valence-corrected chi connectivity index (χ4v) is 3.36. The van der Waals surface area contributed by atoms with E-state index in [0.29, 0.717) is 28.6 Å². The number of nitrogens with one attached hydrogen (secondary N) is 1. The number of nitrogens with zero attached hydrogens (tertiary/aromatic N) is 4. The molecule has 1 atom stereocenters. The number of hydrogen-bond acceptors (Lipinski definition) is 6. The molecule has 4 rings (SSSR count). The molecular formula is C24H22FN5O3. The van der Waals surface area contributed by atoms with Gasteiger partial charge in [-0.15, -0.1) is 5.10 Å². The Morgan fingerprint density at radius 1 is 1.09 bits per heavy atom. The average Bonchev–Trinajstić information content (AvgIpc) is 3.22. The highest BCUT2D eigenvalue weighted by Crippen LogP contribution is 2.36. The first kappa shape index (κ1) is 21.9. The fourth-order valence-electron chi connectivity index (χ4n) is 3.36. The maximum Gasteiger partial charge on any atom is 0.271 e. The molecule has 1 aliphatic rings. The summed E-state index contributed by atoms with van der Waals surface area (Å²) in [6.07, 6.45) is 3.27. The van der Waals surface area contributed by atoms with Crippen molar-refractivity contribution >= 4 is 17.6 Å². The van der Waals surface area contributed by atoms with Crippen molar-refractivity contribution in [3.05, 3.63) is 95.6 Å². The van der Waals surface area contributed by atoms with Gasteiger partial charge in [0.25, 0.3) is 5.91 Å². The van der Waals surface area contributed by atoms with E-state index in [0.717, 1.165) is 5.56 Å². The quantitative estimate of drug-likeness (QED) is 0.365. The number of carbonyl (C=O) groups is 1. The molecule has 9 heteroatoms. The second kappa shape index (κ2) is 9.07. The van der Waals surface area contributed by atoms with Crippen LogP contribution in [0.25, 0.3) is 0 Å². The molecule has 168 valence electrons. The highest BCUT2D eigenvalue weighted by Gasteiger charge is 2.44. The summed E-state index contributed by atoms with van der Waals surface area (Å²) in [5.74, 6) is 0.611. The minimum absolute atomic E-state index is 0.347. The van der Waals surface area contributed by atoms with E-state index in [1.165, 1.54) is 12.1 Å². The highest BCUT2D eigenvalue weighted by molar-refractivity contribution is 5.98. The van der Waals surface area contributed by atoms with Crippen LogP contribution in [0, 0.1) is 5.82 Å². The third-order valence-electron chi connectivity index (χ3n) is 5.18. The van der Waals surface area contributed by atoms with Crippen molar-refractivity contribution in [2.75, 3.05) is 7.11 Å². The molecule has 1 unspecified atom stereocenters. The van der Waals surface area contributed by atoms with Crippen LogP contribution in [0.4, 0.5) is 4.39 Å². The monoisotopic (exact) mass is 447 g/mol. The maximum atomic E-state index is 13.5. The lowest BCUT2D eigenvalue weighted by Gasteiger charge is -2.32. The van der Waals surface area contributed by atoms with Gasteiger partial charge < -0.3 is 9.47 Å². The van der Waals surface area contributed by atoms with Gasteiger partial charge in [-0.1, -0.05) is 12.1 Å². The zero-order valence-electron chi connectivity index (χ0n) is 18.3. The Morgan fingerprint density at radius 3 is 2.39 bits per heavy atom. The average molecular weight is 447 g/mol. The number of hydrogen-bond donors (Lipinski definition) is 1. The Hall–Kier alpha value is -4.27. The molecule has 0 radical (unpaired) electrons. The molecule has 1 aliphatic heterocycles. The molecule has 0 aliphatic carbocycles. The third-order valence-corrected chi connectivity index (χ3v) is 5.18. The number of benzene rings is 2. The van der Waals surface area contributed by atoms with Gasteiger partial charge in [-0.3, -0.25) is 9.78 Å². The molecule has 0 bridgehead atoms. The van der Waals surface area contributed by atoms with Crippen LogP contribution in [0.2, 0.25) is 0 Å². The van der Waals surface area contributed by atoms with Gasteiger partial charge in [0.05, 0.1) is 7.11 Å². The lowest BCUT2D eigenvalue weighted by molar-refractivity contribution is -0.0103. The van der Waals surface area contributed by atoms with E-state index in [-0.39, 0.29) is 11.7 Å². The fraction of sp³-hybridized carbons (Fsp3) is 0.167. The first-order chi connectivity index (χ1) is 15.9. The van der Waals surface area contributed by atoms with Gasteiger partial charge >= 0.3 is 0 Å². The van der Waals surface area contributed by atoms with E-state index in [4.69, 9.17) is 9.47 Å². The van der Waals surface area contributed by atoms with Crippen LogP contribution in [0.5, 0.6) is 5.75 Å². The number of pyridine rings is 1. The number of methoxy groups -OCH3 is 1. The Bertz CT molecular complexity index is 1200. The number of rotatable bonds is 5. The Kier molecular flexibility index (Phi) is 6.03. The van der Waals surface area contributed by atoms with Crippen LogP contribution in [-0.4, -0.2) is 34.7 Å². The van der Waals surface area contributed by atoms with E-state index in [1.807, 2.05) is 0 Å². The Labute approximate surface area is 190 Å². The number of carbonyl (C=O) groups excluding carboxylic acids is 1. The summed E-state index contributed by atoms with van der Waals surface area (Å²) in [5.41, 5.74) is 3.22. The molecule has 0 fully saturated rings. The van der Waals surface area contributed by atoms with Crippen molar-refractivity contribution in [1.82, 2.24) is 15.4 Å². The van der Waals surface area contributed by atoms with Crippen LogP contribution in [0.15, 0.2) is 83.3 Å². The zero-order valence-corrected chi connectivity index (χ0v) is 18.3. The lowest BCUT2D eigenvalue weighted by atomic mass is 10.0. The molecule has 3 aromatic rings. The Balaban J connectivity index is 1.63. The molecule has 1 aromatic heterocycles. The van der Waals surface area contributed by atoms with Crippen LogP contribution in [0.3, 0.4) is 0 Å². The largest absolute Gasteiger partial charge is 0.497 e. The summed E-state index contributed by atoms with van der Waals surface area (Å²) in [5, 5.41) is 10.4. The number of aromatic nitrogens is 1. The minimum atomic E-state index is -1.12. The van der Waals surface area contributed by atoms with Crippen molar-refractivity contribution in [2.24, 2.45) is 10.2 Å². The molecule has 1 N–H and O–H groups in total. The number of ether oxygens (including phenoxy) is 2. The standard InChI is InChI=1S/C24H22FN5O3/c1-16(27-28-22(31)17-4-10-21(32-3)11-5-17)30-24(2,19-6-8-20(25)9-7-19)33-23(29-30)18-12-14-26-15-13-18/h4-15H,1-3H3,(H,28,31)/b27-16+. The SMILES string of the molecule is COc1ccc(C(=O)N/N=C(\C)N2N=C(c3ccncc3)OC2(C)c2ccc(F)cc2)cc1. The third kappa shape index (κ3) is 4.52. The summed E-state index contributed by atoms with van der Waals surface area (Å²) in [7, 11) is 1.56. The molecule has 2 aromatic carbocycles. The number of halogens is 1. The number of hydrazone groups is 2. The summed E-state index contributed by atoms with van der Waals surface area (Å²) < 4.78 is 24.9. The van der Waals surface area contributed by atoms with Gasteiger partial charge in [-0.2, -0.15) is 5.10 Å². The van der Waals surface area contributed by atoms with Crippen molar-refractivity contribution < 1.29 is 18.7 Å². The molecule has 33 heavy (non-hydrogen) atoms. The molecule has 0 spiro atoms. The lowest BCUT2D eigenvalue weighted by Crippen LogP contribution is -2.42. The molecule has 8 nitrogen and oxygen atoms in total. The predicted octanol–water partition coefficient (Wildman–Crippen LogP) is 3.86. The topological polar surface area (TPSA) is 88.4 Å². The van der Waals surface area contributed by atoms with Crippen molar-refractivity contribution in [3.8, 4) is 5.75 Å². The van der Waals surface area contributed by atoms with E-state index >= 15 is 0 Å². The van der Waals surface area contributed by atoms with E-state index in [9.17, 15) is 9.18 Å². The molecular weight excluding hydrogens is 425 g/mol. The molecule has 2 heterocycles. The molecule has 0 saturated carbocycles. The van der Waals surface area contributed by atoms with Gasteiger partial charge in [-0.25, -0.2) is 14.8 Å². The summed E-state index contributed by atoms with van der Waals surface area (Å²) >= 11 is 0. The smallest absolute Gasteiger partial charge is 0.271 e. The summed E-state index contributed by atoms with van der Waals surface area (Å²) in [6, 6.07) is 16.1. The minimum Gasteiger partial charge on any atom is -0.497 e. The number of amides is 1. The van der Waals surface area contributed by atoms with Crippen molar-refractivity contribution in [1.29, 1.82) is 0 Å². The van der Waals surface area contributed by atoms with Gasteiger partial charge in [-0.05, 0) is 55.5 Å². The van der Waals surface area contributed by atoms with Crippen LogP contribution >= 0.6 is 0 Å². The highest BCUT2D eigenvalue weighted by atomic mass is 19.1. The first-order valence-electron chi connectivity index (χ1n) is 10.1. The predicted molar refractivity (Wildman–Crippen MR) is 121 cm³/mol. The normalized spacial score (nSPS) is 17.9. The second-order valence-corrected chi connectivity index (χ2v) is 7.37. The van der Waals surface area contributed by atoms with Crippen molar-refractivity contribution in [3.63, 3.8) is 0 Å². The maximum absolute atomic E-state index is 13.5. The van der Waals surface area contributed by atoms with Crippen LogP contribution < -0.4 is 10.2 Å². The van der Waals surface area contributed by atoms with Gasteiger partial charge in [0.1, 0.15) is 17.4 Å². The van der Waals surface area contributed by atoms with Crippen LogP contribution in [-0.2, 0) is 10.5 Å².